The van der Waals surface area contributed by atoms with Gasteiger partial charge in [-0.15, -0.1) is 0 Å². The molecule has 0 aliphatic heterocycles. The van der Waals surface area contributed by atoms with E-state index in [4.69, 9.17) is 10.7 Å². The molecule has 3 nitrogen and oxygen atoms in total. The third-order valence-corrected chi connectivity index (χ3v) is 5.36. The van der Waals surface area contributed by atoms with Crippen molar-refractivity contribution in [1.82, 2.24) is 9.55 Å². The van der Waals surface area contributed by atoms with Gasteiger partial charge in [0, 0.05) is 31.1 Å². The van der Waals surface area contributed by atoms with E-state index in [0.717, 1.165) is 19.3 Å². The summed E-state index contributed by atoms with van der Waals surface area (Å²) >= 11 is 0. The zero-order chi connectivity index (χ0) is 13.6. The molecule has 1 heterocycles. The first-order chi connectivity index (χ1) is 8.99. The molecule has 0 spiro atoms. The van der Waals surface area contributed by atoms with Gasteiger partial charge in [-0.2, -0.15) is 0 Å². The molecule has 2 unspecified atom stereocenters. The van der Waals surface area contributed by atoms with E-state index in [1.807, 2.05) is 0 Å². The summed E-state index contributed by atoms with van der Waals surface area (Å²) in [7, 11) is 2.21. The number of hydrogen-bond donors (Lipinski definition) is 1. The van der Waals surface area contributed by atoms with Crippen LogP contribution in [0.3, 0.4) is 0 Å². The number of imidazole rings is 1. The van der Waals surface area contributed by atoms with Gasteiger partial charge in [0.1, 0.15) is 5.82 Å². The van der Waals surface area contributed by atoms with Crippen molar-refractivity contribution in [1.29, 1.82) is 0 Å². The fraction of sp³-hybridized carbons (Fsp3) is 0.812. The SMILES string of the molecule is Cn1c(C2CCCCC2(C)C)nc2c1CCC(N)C2. The van der Waals surface area contributed by atoms with Crippen molar-refractivity contribution in [3.63, 3.8) is 0 Å². The van der Waals surface area contributed by atoms with Gasteiger partial charge in [0.05, 0.1) is 5.69 Å². The lowest BCUT2D eigenvalue weighted by molar-refractivity contribution is 0.189. The van der Waals surface area contributed by atoms with Gasteiger partial charge >= 0.3 is 0 Å². The smallest absolute Gasteiger partial charge is 0.112 e. The quantitative estimate of drug-likeness (QED) is 0.844. The zero-order valence-electron chi connectivity index (χ0n) is 12.6. The highest BCUT2D eigenvalue weighted by atomic mass is 15.1. The molecule has 3 heteroatoms. The average Bonchev–Trinajstić information content (AvgIpc) is 2.65. The molecule has 0 radical (unpaired) electrons. The monoisotopic (exact) mass is 261 g/mol. The van der Waals surface area contributed by atoms with Crippen LogP contribution in [0.4, 0.5) is 0 Å². The minimum Gasteiger partial charge on any atom is -0.335 e. The highest BCUT2D eigenvalue weighted by molar-refractivity contribution is 5.24. The predicted molar refractivity (Wildman–Crippen MR) is 78.2 cm³/mol. The third kappa shape index (κ3) is 2.22. The van der Waals surface area contributed by atoms with Crippen LogP contribution in [-0.4, -0.2) is 15.6 Å². The zero-order valence-corrected chi connectivity index (χ0v) is 12.6. The molecule has 0 bridgehead atoms. The fourth-order valence-electron chi connectivity index (χ4n) is 4.04. The number of rotatable bonds is 1. The Morgan fingerprint density at radius 2 is 2.05 bits per heavy atom. The van der Waals surface area contributed by atoms with Crippen molar-refractivity contribution in [3.05, 3.63) is 17.2 Å². The van der Waals surface area contributed by atoms with E-state index in [9.17, 15) is 0 Å². The minimum atomic E-state index is 0.314. The minimum absolute atomic E-state index is 0.314. The Morgan fingerprint density at radius 3 is 2.79 bits per heavy atom. The third-order valence-electron chi connectivity index (χ3n) is 5.36. The number of nitrogens with zero attached hydrogens (tertiary/aromatic N) is 2. The molecule has 2 N–H and O–H groups in total. The van der Waals surface area contributed by atoms with Crippen molar-refractivity contribution in [3.8, 4) is 0 Å². The fourth-order valence-corrected chi connectivity index (χ4v) is 4.04. The predicted octanol–water partition coefficient (Wildman–Crippen LogP) is 2.92. The van der Waals surface area contributed by atoms with Crippen LogP contribution < -0.4 is 5.73 Å². The van der Waals surface area contributed by atoms with Gasteiger partial charge in [0.15, 0.2) is 0 Å². The van der Waals surface area contributed by atoms with E-state index in [1.54, 1.807) is 0 Å². The maximum Gasteiger partial charge on any atom is 0.112 e. The molecule has 1 aromatic heterocycles. The number of fused-ring (bicyclic) bond motifs is 1. The molecule has 1 fully saturated rings. The van der Waals surface area contributed by atoms with Crippen LogP contribution in [0.15, 0.2) is 0 Å². The number of nitrogens with two attached hydrogens (primary N) is 1. The lowest BCUT2D eigenvalue weighted by Crippen LogP contribution is -2.28. The van der Waals surface area contributed by atoms with E-state index in [2.05, 4.69) is 25.5 Å². The van der Waals surface area contributed by atoms with Crippen molar-refractivity contribution in [2.24, 2.45) is 18.2 Å². The second kappa shape index (κ2) is 4.62. The van der Waals surface area contributed by atoms with Crippen LogP contribution in [0, 0.1) is 5.41 Å². The molecule has 0 aromatic carbocycles. The largest absolute Gasteiger partial charge is 0.335 e. The van der Waals surface area contributed by atoms with Gasteiger partial charge in [-0.3, -0.25) is 0 Å². The second-order valence-electron chi connectivity index (χ2n) is 7.21. The second-order valence-corrected chi connectivity index (χ2v) is 7.21. The molecule has 19 heavy (non-hydrogen) atoms. The van der Waals surface area contributed by atoms with Crippen molar-refractivity contribution in [2.45, 2.75) is 70.8 Å². The van der Waals surface area contributed by atoms with Gasteiger partial charge in [0.25, 0.3) is 0 Å². The lowest BCUT2D eigenvalue weighted by atomic mass is 9.68. The van der Waals surface area contributed by atoms with E-state index >= 15 is 0 Å². The van der Waals surface area contributed by atoms with E-state index in [-0.39, 0.29) is 0 Å². The van der Waals surface area contributed by atoms with Gasteiger partial charge in [-0.05, 0) is 31.1 Å². The first-order valence-electron chi connectivity index (χ1n) is 7.79. The summed E-state index contributed by atoms with van der Waals surface area (Å²) in [6.07, 6.45) is 8.53. The maximum absolute atomic E-state index is 6.09. The summed E-state index contributed by atoms with van der Waals surface area (Å²) in [6.45, 7) is 4.83. The molecule has 2 aliphatic rings. The van der Waals surface area contributed by atoms with Gasteiger partial charge in [0.2, 0.25) is 0 Å². The summed E-state index contributed by atoms with van der Waals surface area (Å²) in [4.78, 5) is 5.00. The average molecular weight is 261 g/mol. The Bertz CT molecular complexity index is 473. The molecule has 0 amide bonds. The summed E-state index contributed by atoms with van der Waals surface area (Å²) in [5, 5.41) is 0. The van der Waals surface area contributed by atoms with E-state index in [1.165, 1.54) is 42.9 Å². The molecular formula is C16H27N3. The first-order valence-corrected chi connectivity index (χ1v) is 7.79. The number of hydrogen-bond acceptors (Lipinski definition) is 2. The van der Waals surface area contributed by atoms with Crippen LogP contribution >= 0.6 is 0 Å². The lowest BCUT2D eigenvalue weighted by Gasteiger charge is -2.38. The topological polar surface area (TPSA) is 43.8 Å². The Labute approximate surface area is 116 Å². The van der Waals surface area contributed by atoms with Gasteiger partial charge < -0.3 is 10.3 Å². The highest BCUT2D eigenvalue weighted by Gasteiger charge is 2.37. The molecule has 3 rings (SSSR count). The van der Waals surface area contributed by atoms with Gasteiger partial charge in [-0.1, -0.05) is 26.7 Å². The van der Waals surface area contributed by atoms with Crippen LogP contribution in [0.1, 0.15) is 69.1 Å². The van der Waals surface area contributed by atoms with Crippen molar-refractivity contribution < 1.29 is 0 Å². The van der Waals surface area contributed by atoms with Crippen LogP contribution in [0.5, 0.6) is 0 Å². The summed E-state index contributed by atoms with van der Waals surface area (Å²) in [5.41, 5.74) is 9.20. The Hall–Kier alpha value is -0.830. The van der Waals surface area contributed by atoms with Crippen LogP contribution in [0.25, 0.3) is 0 Å². The molecule has 0 saturated heterocycles. The van der Waals surface area contributed by atoms with Crippen LogP contribution in [-0.2, 0) is 19.9 Å². The highest BCUT2D eigenvalue weighted by Crippen LogP contribution is 2.46. The van der Waals surface area contributed by atoms with Crippen molar-refractivity contribution in [2.75, 3.05) is 0 Å². The normalized spacial score (nSPS) is 30.1. The Kier molecular flexibility index (Phi) is 3.20. The molecule has 1 aromatic rings. The standard InChI is InChI=1S/C16H27N3/c1-16(2)9-5-4-6-12(16)15-18-13-10-11(17)7-8-14(13)19(15)3/h11-12H,4-10,17H2,1-3H3. The van der Waals surface area contributed by atoms with E-state index in [0.29, 0.717) is 17.4 Å². The Morgan fingerprint density at radius 1 is 1.26 bits per heavy atom. The van der Waals surface area contributed by atoms with Gasteiger partial charge in [-0.25, -0.2) is 4.98 Å². The molecule has 106 valence electrons. The molecule has 1 saturated carbocycles. The summed E-state index contributed by atoms with van der Waals surface area (Å²) in [5.74, 6) is 1.94. The summed E-state index contributed by atoms with van der Waals surface area (Å²) < 4.78 is 2.39. The first kappa shape index (κ1) is 13.2. The molecule has 2 atom stereocenters. The molecular weight excluding hydrogens is 234 g/mol. The summed E-state index contributed by atoms with van der Waals surface area (Å²) in [6, 6.07) is 0.314. The Balaban J connectivity index is 1.97. The maximum atomic E-state index is 6.09. The van der Waals surface area contributed by atoms with E-state index < -0.39 is 0 Å². The molecule has 2 aliphatic carbocycles. The van der Waals surface area contributed by atoms with Crippen LogP contribution in [0.2, 0.25) is 0 Å². The number of aromatic nitrogens is 2. The van der Waals surface area contributed by atoms with Crippen molar-refractivity contribution >= 4 is 0 Å².